The molecule has 2 fully saturated rings. The molecule has 0 saturated carbocycles. The quantitative estimate of drug-likeness (QED) is 0.312. The van der Waals surface area contributed by atoms with Gasteiger partial charge in [-0.25, -0.2) is 4.98 Å². The zero-order valence-corrected chi connectivity index (χ0v) is 27.6. The summed E-state index contributed by atoms with van der Waals surface area (Å²) in [7, 11) is -4.39. The maximum Gasteiger partial charge on any atom is 0.335 e. The average Bonchev–Trinajstić information content (AvgIpc) is 3.44. The van der Waals surface area contributed by atoms with Crippen LogP contribution in [0.5, 0.6) is 0 Å². The summed E-state index contributed by atoms with van der Waals surface area (Å²) >= 11 is 0. The maximum absolute atomic E-state index is 12.0. The molecule has 2 aromatic rings. The number of imidazole rings is 1. The first-order valence-electron chi connectivity index (χ1n) is 14.4. The van der Waals surface area contributed by atoms with Gasteiger partial charge >= 0.3 is 23.1 Å². The predicted molar refractivity (Wildman–Crippen MR) is 158 cm³/mol. The largest absolute Gasteiger partial charge is 0.469 e. The first kappa shape index (κ1) is 31.8. The number of carbonyl (C=O) groups is 1. The Morgan fingerprint density at radius 1 is 1.05 bits per heavy atom. The minimum absolute atomic E-state index is 0.0209. The molecule has 0 radical (unpaired) electrons. The number of esters is 1. The molecule has 2 aromatic heterocycles. The van der Waals surface area contributed by atoms with Gasteiger partial charge in [0.15, 0.2) is 17.7 Å². The van der Waals surface area contributed by atoms with Gasteiger partial charge in [0.1, 0.15) is 23.8 Å². The molecule has 2 aliphatic rings. The van der Waals surface area contributed by atoms with E-state index in [0.29, 0.717) is 11.2 Å². The summed E-state index contributed by atoms with van der Waals surface area (Å²) in [6.07, 6.45) is -0.732. The van der Waals surface area contributed by atoms with E-state index in [1.54, 1.807) is 10.9 Å². The number of rotatable bonds is 9. The fourth-order valence-corrected chi connectivity index (χ4v) is 17.3. The predicted octanol–water partition coefficient (Wildman–Crippen LogP) is 3.79. The topological polar surface area (TPSA) is 168 Å². The van der Waals surface area contributed by atoms with Crippen LogP contribution in [0.3, 0.4) is 0 Å². The van der Waals surface area contributed by atoms with Crippen LogP contribution < -0.4 is 11.5 Å². The molecule has 4 N–H and O–H groups in total. The Hall–Kier alpha value is -2.15. The number of ether oxygens (including phenoxy) is 3. The van der Waals surface area contributed by atoms with Crippen molar-refractivity contribution in [1.82, 2.24) is 19.5 Å². The summed E-state index contributed by atoms with van der Waals surface area (Å²) in [6, 6.07) is 0. The zero-order valence-electron chi connectivity index (χ0n) is 25.6. The molecule has 15 heteroatoms. The lowest BCUT2D eigenvalue weighted by Crippen LogP contribution is -2.66. The van der Waals surface area contributed by atoms with Crippen molar-refractivity contribution in [2.24, 2.45) is 0 Å². The van der Waals surface area contributed by atoms with Gasteiger partial charge in [-0.15, -0.1) is 0 Å². The van der Waals surface area contributed by atoms with Crippen LogP contribution in [-0.4, -0.2) is 81.2 Å². The van der Waals surface area contributed by atoms with Gasteiger partial charge in [0.25, 0.3) is 0 Å². The Morgan fingerprint density at radius 3 is 2.27 bits per heavy atom. The molecular formula is C26H46N6O7Si2. The Labute approximate surface area is 244 Å². The average molecular weight is 611 g/mol. The van der Waals surface area contributed by atoms with Gasteiger partial charge in [-0.05, 0) is 22.2 Å². The molecule has 0 amide bonds. The molecular weight excluding hydrogens is 564 g/mol. The Bertz CT molecular complexity index is 1210. The van der Waals surface area contributed by atoms with Crippen LogP contribution in [0.1, 0.15) is 68.0 Å². The molecule has 0 spiro atoms. The summed E-state index contributed by atoms with van der Waals surface area (Å²) in [4.78, 5) is 24.8. The highest BCUT2D eigenvalue weighted by Crippen LogP contribution is 2.49. The second-order valence-corrected chi connectivity index (χ2v) is 20.9. The van der Waals surface area contributed by atoms with Crippen LogP contribution in [0.4, 0.5) is 11.8 Å². The number of aromatic nitrogens is 4. The molecule has 0 aromatic carbocycles. The van der Waals surface area contributed by atoms with Crippen molar-refractivity contribution in [2.45, 2.75) is 109 Å². The molecule has 4 atom stereocenters. The van der Waals surface area contributed by atoms with Crippen LogP contribution in [-0.2, 0) is 32.0 Å². The summed E-state index contributed by atoms with van der Waals surface area (Å²) in [5, 5.41) is 0. The molecule has 230 valence electrons. The highest BCUT2D eigenvalue weighted by atomic mass is 28.5. The van der Waals surface area contributed by atoms with Crippen molar-refractivity contribution in [3.8, 4) is 0 Å². The first-order valence-corrected chi connectivity index (χ1v) is 18.3. The van der Waals surface area contributed by atoms with E-state index in [2.05, 4.69) is 70.3 Å². The van der Waals surface area contributed by atoms with Crippen LogP contribution in [0, 0.1) is 0 Å². The summed E-state index contributed by atoms with van der Waals surface area (Å²) in [5.74, 6) is -0.184. The van der Waals surface area contributed by atoms with Crippen LogP contribution in [0.2, 0.25) is 22.2 Å². The van der Waals surface area contributed by atoms with Gasteiger partial charge in [0, 0.05) is 0 Å². The second-order valence-electron chi connectivity index (χ2n) is 12.1. The normalized spacial score (nSPS) is 26.1. The van der Waals surface area contributed by atoms with Crippen molar-refractivity contribution in [3.05, 3.63) is 6.33 Å². The van der Waals surface area contributed by atoms with Gasteiger partial charge in [-0.3, -0.25) is 9.36 Å². The Morgan fingerprint density at radius 2 is 1.68 bits per heavy atom. The fourth-order valence-electron chi connectivity index (χ4n) is 6.05. The minimum atomic E-state index is -2.97. The Kier molecular flexibility index (Phi) is 9.48. The summed E-state index contributed by atoms with van der Waals surface area (Å²) in [6.45, 7) is 17.7. The fraction of sp³-hybridized carbons (Fsp3) is 0.769. The number of hydrogen-bond donors (Lipinski definition) is 2. The van der Waals surface area contributed by atoms with Crippen molar-refractivity contribution in [1.29, 1.82) is 0 Å². The van der Waals surface area contributed by atoms with E-state index in [9.17, 15) is 4.79 Å². The molecule has 41 heavy (non-hydrogen) atoms. The standard InChI is InChI=1S/C26H46N6O7Si2/c1-14(2)40(15(3)4)36-12-18-21(38-41(39-40,16(5)6)17(7)8)22(35-11-10-19(33)34-9)25(37-18)32-13-29-20-23(27)30-26(28)31-24(20)32/h13-18,21-22,25H,10-12H2,1-9H3,(H4,27,28,30,31)/t18-,21?,22+,25-/m1/s1. The number of nitrogens with two attached hydrogens (primary N) is 2. The molecule has 4 heterocycles. The number of fused-ring (bicyclic) bond motifs is 2. The summed E-state index contributed by atoms with van der Waals surface area (Å²) in [5.41, 5.74) is 13.5. The van der Waals surface area contributed by atoms with Gasteiger partial charge in [0.2, 0.25) is 5.95 Å². The van der Waals surface area contributed by atoms with Crippen molar-refractivity contribution >= 4 is 46.0 Å². The Balaban J connectivity index is 1.82. The van der Waals surface area contributed by atoms with Crippen molar-refractivity contribution in [3.63, 3.8) is 0 Å². The van der Waals surface area contributed by atoms with Crippen LogP contribution in [0.25, 0.3) is 11.2 Å². The van der Waals surface area contributed by atoms with Crippen LogP contribution >= 0.6 is 0 Å². The van der Waals surface area contributed by atoms with E-state index in [1.165, 1.54) is 7.11 Å². The third-order valence-corrected chi connectivity index (χ3v) is 18.4. The number of nitrogen functional groups attached to an aromatic ring is 2. The van der Waals surface area contributed by atoms with E-state index in [1.807, 2.05) is 0 Å². The highest BCUT2D eigenvalue weighted by Gasteiger charge is 2.62. The summed E-state index contributed by atoms with van der Waals surface area (Å²) < 4.78 is 41.2. The number of anilines is 2. The first-order chi connectivity index (χ1) is 19.3. The molecule has 0 aliphatic carbocycles. The lowest BCUT2D eigenvalue weighted by molar-refractivity contribution is -0.143. The zero-order chi connectivity index (χ0) is 30.3. The van der Waals surface area contributed by atoms with Gasteiger partial charge in [-0.1, -0.05) is 55.4 Å². The van der Waals surface area contributed by atoms with Crippen molar-refractivity contribution < 1.29 is 32.0 Å². The maximum atomic E-state index is 12.0. The van der Waals surface area contributed by atoms with Gasteiger partial charge < -0.3 is 38.6 Å². The highest BCUT2D eigenvalue weighted by molar-refractivity contribution is 6.84. The molecule has 2 saturated heterocycles. The third-order valence-electron chi connectivity index (χ3n) is 8.20. The second kappa shape index (κ2) is 12.2. The monoisotopic (exact) mass is 610 g/mol. The van der Waals surface area contributed by atoms with Gasteiger partial charge in [0.05, 0.1) is 33.1 Å². The molecule has 0 bridgehead atoms. The molecule has 4 rings (SSSR count). The van der Waals surface area contributed by atoms with E-state index in [4.69, 9.17) is 38.6 Å². The smallest absolute Gasteiger partial charge is 0.335 e. The lowest BCUT2D eigenvalue weighted by Gasteiger charge is -2.51. The van der Waals surface area contributed by atoms with Gasteiger partial charge in [-0.2, -0.15) is 9.97 Å². The number of nitrogens with zero attached hydrogens (tertiary/aromatic N) is 4. The third kappa shape index (κ3) is 5.77. The van der Waals surface area contributed by atoms with E-state index in [0.717, 1.165) is 0 Å². The lowest BCUT2D eigenvalue weighted by atomic mass is 10.1. The van der Waals surface area contributed by atoms with E-state index >= 15 is 0 Å². The molecule has 13 nitrogen and oxygen atoms in total. The number of methoxy groups -OCH3 is 1. The molecule has 2 aliphatic heterocycles. The SMILES string of the molecule is COC(=O)CCO[C@H]1C2O[Si](C(C)C)(C(C)C)O[Si](C(C)C)(C(C)C)OC[C@H]2O[C@H]1n1cnc2c(N)nc(N)nc21. The van der Waals surface area contributed by atoms with E-state index in [-0.39, 0.29) is 59.5 Å². The number of carbonyl (C=O) groups excluding carboxylic acids is 1. The van der Waals surface area contributed by atoms with Crippen molar-refractivity contribution in [2.75, 3.05) is 31.8 Å². The number of hydrogen-bond acceptors (Lipinski definition) is 12. The molecule has 1 unspecified atom stereocenters. The minimum Gasteiger partial charge on any atom is -0.469 e. The van der Waals surface area contributed by atoms with E-state index < -0.39 is 41.7 Å². The van der Waals surface area contributed by atoms with Crippen LogP contribution in [0.15, 0.2) is 6.33 Å².